The SMILES string of the molecule is CC(=O)Nc1cc2c(cn1)C1(CC1)CN2c1cc(C)nc(N2CC(CC(C)C)C2)n1. The van der Waals surface area contributed by atoms with E-state index in [-0.39, 0.29) is 11.3 Å². The molecule has 5 rings (SSSR count). The Hall–Kier alpha value is -2.70. The maximum absolute atomic E-state index is 11.5. The minimum absolute atomic E-state index is 0.109. The Bertz CT molecular complexity index is 993. The smallest absolute Gasteiger partial charge is 0.227 e. The van der Waals surface area contributed by atoms with Gasteiger partial charge in [-0.25, -0.2) is 9.97 Å². The Labute approximate surface area is 177 Å². The van der Waals surface area contributed by atoms with E-state index in [0.717, 1.165) is 54.6 Å². The molecular weight excluding hydrogens is 376 g/mol. The zero-order valence-electron chi connectivity index (χ0n) is 18.3. The van der Waals surface area contributed by atoms with E-state index in [2.05, 4.69) is 40.0 Å². The largest absolute Gasteiger partial charge is 0.340 e. The van der Waals surface area contributed by atoms with Gasteiger partial charge in [-0.1, -0.05) is 13.8 Å². The van der Waals surface area contributed by atoms with Crippen molar-refractivity contribution in [3.05, 3.63) is 29.6 Å². The summed E-state index contributed by atoms with van der Waals surface area (Å²) >= 11 is 0. The average Bonchev–Trinajstić information content (AvgIpc) is 3.34. The lowest BCUT2D eigenvalue weighted by Crippen LogP contribution is -2.48. The van der Waals surface area contributed by atoms with E-state index in [4.69, 9.17) is 9.97 Å². The molecule has 2 aromatic rings. The van der Waals surface area contributed by atoms with Crippen molar-refractivity contribution in [1.29, 1.82) is 0 Å². The predicted molar refractivity (Wildman–Crippen MR) is 118 cm³/mol. The van der Waals surface area contributed by atoms with Crippen molar-refractivity contribution in [1.82, 2.24) is 15.0 Å². The van der Waals surface area contributed by atoms with Crippen molar-refractivity contribution >= 4 is 29.2 Å². The van der Waals surface area contributed by atoms with Crippen molar-refractivity contribution in [3.8, 4) is 0 Å². The van der Waals surface area contributed by atoms with Crippen LogP contribution in [0.2, 0.25) is 0 Å². The molecule has 2 aliphatic heterocycles. The Morgan fingerprint density at radius 3 is 2.70 bits per heavy atom. The summed E-state index contributed by atoms with van der Waals surface area (Å²) in [5, 5.41) is 2.82. The van der Waals surface area contributed by atoms with Crippen LogP contribution in [0.3, 0.4) is 0 Å². The van der Waals surface area contributed by atoms with Crippen LogP contribution in [-0.2, 0) is 10.2 Å². The quantitative estimate of drug-likeness (QED) is 0.814. The average molecular weight is 407 g/mol. The van der Waals surface area contributed by atoms with Crippen molar-refractivity contribution in [3.63, 3.8) is 0 Å². The number of aryl methyl sites for hydroxylation is 1. The summed E-state index contributed by atoms with van der Waals surface area (Å²) in [5.41, 5.74) is 3.55. The lowest BCUT2D eigenvalue weighted by atomic mass is 9.91. The van der Waals surface area contributed by atoms with Crippen LogP contribution in [-0.4, -0.2) is 40.5 Å². The lowest BCUT2D eigenvalue weighted by molar-refractivity contribution is -0.114. The molecule has 7 heteroatoms. The topological polar surface area (TPSA) is 74.2 Å². The van der Waals surface area contributed by atoms with Crippen LogP contribution in [0.1, 0.15) is 51.3 Å². The molecule has 3 aliphatic rings. The zero-order valence-corrected chi connectivity index (χ0v) is 18.3. The first-order valence-electron chi connectivity index (χ1n) is 11.0. The maximum atomic E-state index is 11.5. The summed E-state index contributed by atoms with van der Waals surface area (Å²) in [4.78, 5) is 30.3. The van der Waals surface area contributed by atoms with Crippen molar-refractivity contribution in [2.24, 2.45) is 11.8 Å². The number of anilines is 4. The van der Waals surface area contributed by atoms with Crippen LogP contribution in [0.5, 0.6) is 0 Å². The second-order valence-electron chi connectivity index (χ2n) is 9.70. The minimum Gasteiger partial charge on any atom is -0.340 e. The van der Waals surface area contributed by atoms with Gasteiger partial charge < -0.3 is 15.1 Å². The highest BCUT2D eigenvalue weighted by molar-refractivity contribution is 5.89. The molecule has 158 valence electrons. The molecule has 1 spiro atoms. The molecule has 1 N–H and O–H groups in total. The highest BCUT2D eigenvalue weighted by Gasteiger charge is 2.52. The highest BCUT2D eigenvalue weighted by Crippen LogP contribution is 2.58. The Balaban J connectivity index is 1.44. The molecule has 1 saturated heterocycles. The second-order valence-corrected chi connectivity index (χ2v) is 9.70. The van der Waals surface area contributed by atoms with E-state index >= 15 is 0 Å². The van der Waals surface area contributed by atoms with Crippen LogP contribution in [0.25, 0.3) is 0 Å². The molecule has 1 aliphatic carbocycles. The molecule has 0 bridgehead atoms. The Morgan fingerprint density at radius 2 is 2.03 bits per heavy atom. The number of hydrogen-bond acceptors (Lipinski definition) is 6. The zero-order chi connectivity index (χ0) is 21.0. The summed E-state index contributed by atoms with van der Waals surface area (Å²) in [5.74, 6) is 3.73. The summed E-state index contributed by atoms with van der Waals surface area (Å²) in [6.07, 6.45) is 5.56. The van der Waals surface area contributed by atoms with Gasteiger partial charge in [-0.2, -0.15) is 4.98 Å². The van der Waals surface area contributed by atoms with Gasteiger partial charge in [-0.05, 0) is 38.0 Å². The van der Waals surface area contributed by atoms with Crippen LogP contribution in [0.4, 0.5) is 23.3 Å². The third-order valence-corrected chi connectivity index (χ3v) is 6.51. The first kappa shape index (κ1) is 19.3. The number of nitrogens with one attached hydrogen (secondary N) is 1. The molecule has 4 heterocycles. The van der Waals surface area contributed by atoms with Crippen molar-refractivity contribution in [2.75, 3.05) is 34.8 Å². The number of rotatable bonds is 5. The monoisotopic (exact) mass is 406 g/mol. The van der Waals surface area contributed by atoms with Gasteiger partial charge in [-0.3, -0.25) is 4.79 Å². The van der Waals surface area contributed by atoms with Crippen LogP contribution < -0.4 is 15.1 Å². The maximum Gasteiger partial charge on any atom is 0.227 e. The molecule has 2 fully saturated rings. The number of nitrogens with zero attached hydrogens (tertiary/aromatic N) is 5. The number of hydrogen-bond donors (Lipinski definition) is 1. The van der Waals surface area contributed by atoms with E-state index in [9.17, 15) is 4.79 Å². The van der Waals surface area contributed by atoms with E-state index < -0.39 is 0 Å². The van der Waals surface area contributed by atoms with Gasteiger partial charge >= 0.3 is 0 Å². The predicted octanol–water partition coefficient (Wildman–Crippen LogP) is 3.80. The van der Waals surface area contributed by atoms with Crippen LogP contribution in [0, 0.1) is 18.8 Å². The van der Waals surface area contributed by atoms with E-state index in [1.807, 2.05) is 19.2 Å². The van der Waals surface area contributed by atoms with Gasteiger partial charge in [0.1, 0.15) is 11.6 Å². The number of aromatic nitrogens is 3. The second kappa shape index (κ2) is 6.93. The number of carbonyl (C=O) groups is 1. The van der Waals surface area contributed by atoms with Gasteiger partial charge in [-0.15, -0.1) is 0 Å². The summed E-state index contributed by atoms with van der Waals surface area (Å²) in [7, 11) is 0. The molecule has 30 heavy (non-hydrogen) atoms. The molecule has 2 aromatic heterocycles. The Morgan fingerprint density at radius 1 is 1.27 bits per heavy atom. The molecular formula is C23H30N6O. The molecule has 0 unspecified atom stereocenters. The fourth-order valence-corrected chi connectivity index (χ4v) is 4.95. The number of pyridine rings is 1. The highest BCUT2D eigenvalue weighted by atomic mass is 16.1. The van der Waals surface area contributed by atoms with Gasteiger partial charge in [0.15, 0.2) is 0 Å². The van der Waals surface area contributed by atoms with Crippen molar-refractivity contribution in [2.45, 2.75) is 52.4 Å². The number of fused-ring (bicyclic) bond motifs is 2. The van der Waals surface area contributed by atoms with E-state index in [1.165, 1.54) is 31.7 Å². The lowest BCUT2D eigenvalue weighted by Gasteiger charge is -2.40. The van der Waals surface area contributed by atoms with Crippen LogP contribution in [0.15, 0.2) is 18.3 Å². The van der Waals surface area contributed by atoms with Gasteiger partial charge in [0.25, 0.3) is 0 Å². The van der Waals surface area contributed by atoms with E-state index in [1.54, 1.807) is 0 Å². The van der Waals surface area contributed by atoms with Crippen LogP contribution >= 0.6 is 0 Å². The molecule has 0 atom stereocenters. The Kier molecular flexibility index (Phi) is 4.45. The van der Waals surface area contributed by atoms with Crippen molar-refractivity contribution < 1.29 is 4.79 Å². The molecule has 1 saturated carbocycles. The number of carbonyl (C=O) groups excluding carboxylic acids is 1. The minimum atomic E-state index is -0.109. The summed E-state index contributed by atoms with van der Waals surface area (Å²) in [6.45, 7) is 11.1. The van der Waals surface area contributed by atoms with E-state index in [0.29, 0.717) is 5.82 Å². The summed E-state index contributed by atoms with van der Waals surface area (Å²) < 4.78 is 0. The standard InChI is InChI=1S/C23H30N6O/c1-14(2)7-17-11-28(12-17)22-25-15(3)8-21(27-22)29-13-23(5-6-23)18-10-24-20(9-19(18)29)26-16(4)30/h8-10,14,17H,5-7,11-13H2,1-4H3,(H,24,26,30). The molecule has 1 amide bonds. The summed E-state index contributed by atoms with van der Waals surface area (Å²) in [6, 6.07) is 4.06. The fraction of sp³-hybridized carbons (Fsp3) is 0.565. The van der Waals surface area contributed by atoms with Gasteiger partial charge in [0.05, 0.1) is 5.69 Å². The molecule has 7 nitrogen and oxygen atoms in total. The van der Waals surface area contributed by atoms with Gasteiger partial charge in [0, 0.05) is 61.6 Å². The normalized spacial score (nSPS) is 19.2. The number of amides is 1. The molecule has 0 radical (unpaired) electrons. The first-order valence-corrected chi connectivity index (χ1v) is 11.0. The first-order chi connectivity index (χ1) is 14.3. The third-order valence-electron chi connectivity index (χ3n) is 6.51. The molecule has 0 aromatic carbocycles. The van der Waals surface area contributed by atoms with Gasteiger partial charge in [0.2, 0.25) is 11.9 Å². The fourth-order valence-electron chi connectivity index (χ4n) is 4.95. The third kappa shape index (κ3) is 3.40.